The number of halogens is 1. The van der Waals surface area contributed by atoms with E-state index in [0.717, 1.165) is 11.2 Å². The van der Waals surface area contributed by atoms with Gasteiger partial charge >= 0.3 is 0 Å². The Morgan fingerprint density at radius 3 is 2.93 bits per heavy atom. The first-order valence-electron chi connectivity index (χ1n) is 8.36. The van der Waals surface area contributed by atoms with Gasteiger partial charge in [0.15, 0.2) is 0 Å². The molecule has 0 atom stereocenters. The molecule has 7 nitrogen and oxygen atoms in total. The normalized spacial score (nSPS) is 11.2. The number of nitrogens with one attached hydrogen (secondary N) is 1. The van der Waals surface area contributed by atoms with Gasteiger partial charge in [0.25, 0.3) is 5.56 Å². The number of imidazole rings is 1. The monoisotopic (exact) mass is 381 g/mol. The standard InChI is InChI=1S/C19H16ClN5O2/c1-12-3-2-4-15-18(12)22-11-25(19(15)27)10-17(26)21-7-14-9-24-8-13(20)5-6-16(24)23-14/h2-6,8-9,11H,7,10H2,1H3,(H,21,26). The van der Waals surface area contributed by atoms with Gasteiger partial charge in [-0.2, -0.15) is 0 Å². The van der Waals surface area contributed by atoms with Crippen molar-refractivity contribution in [3.63, 3.8) is 0 Å². The molecular weight excluding hydrogens is 366 g/mol. The molecule has 0 bridgehead atoms. The number of para-hydroxylation sites is 1. The number of aryl methyl sites for hydroxylation is 1. The fourth-order valence-corrected chi connectivity index (χ4v) is 3.12. The summed E-state index contributed by atoms with van der Waals surface area (Å²) in [7, 11) is 0. The van der Waals surface area contributed by atoms with Crippen molar-refractivity contribution in [2.75, 3.05) is 0 Å². The third-order valence-electron chi connectivity index (χ3n) is 4.30. The maximum Gasteiger partial charge on any atom is 0.261 e. The lowest BCUT2D eigenvalue weighted by Gasteiger charge is -2.08. The van der Waals surface area contributed by atoms with Gasteiger partial charge in [0.1, 0.15) is 12.2 Å². The summed E-state index contributed by atoms with van der Waals surface area (Å²) in [4.78, 5) is 33.5. The molecule has 4 aromatic rings. The molecule has 0 saturated heterocycles. The second-order valence-corrected chi connectivity index (χ2v) is 6.71. The van der Waals surface area contributed by atoms with Gasteiger partial charge in [-0.15, -0.1) is 0 Å². The Balaban J connectivity index is 1.48. The summed E-state index contributed by atoms with van der Waals surface area (Å²) in [5, 5.41) is 3.88. The molecule has 0 aliphatic heterocycles. The number of hydrogen-bond donors (Lipinski definition) is 1. The lowest BCUT2D eigenvalue weighted by atomic mass is 10.1. The predicted octanol–water partition coefficient (Wildman–Crippen LogP) is 2.32. The van der Waals surface area contributed by atoms with E-state index in [1.807, 2.05) is 13.0 Å². The van der Waals surface area contributed by atoms with Crippen LogP contribution in [-0.2, 0) is 17.9 Å². The van der Waals surface area contributed by atoms with E-state index in [9.17, 15) is 9.59 Å². The fraction of sp³-hybridized carbons (Fsp3) is 0.158. The molecule has 0 unspecified atom stereocenters. The van der Waals surface area contributed by atoms with E-state index in [4.69, 9.17) is 11.6 Å². The van der Waals surface area contributed by atoms with Gasteiger partial charge in [0, 0.05) is 12.4 Å². The summed E-state index contributed by atoms with van der Waals surface area (Å²) in [6.45, 7) is 2.05. The number of aromatic nitrogens is 4. The molecular formula is C19H16ClN5O2. The van der Waals surface area contributed by atoms with Gasteiger partial charge in [0.2, 0.25) is 5.91 Å². The third-order valence-corrected chi connectivity index (χ3v) is 4.52. The minimum atomic E-state index is -0.291. The van der Waals surface area contributed by atoms with Gasteiger partial charge in [-0.25, -0.2) is 9.97 Å². The van der Waals surface area contributed by atoms with E-state index in [-0.39, 0.29) is 24.6 Å². The van der Waals surface area contributed by atoms with Crippen molar-refractivity contribution >= 4 is 34.1 Å². The predicted molar refractivity (Wildman–Crippen MR) is 103 cm³/mol. The molecule has 0 fully saturated rings. The molecule has 3 aromatic heterocycles. The lowest BCUT2D eigenvalue weighted by molar-refractivity contribution is -0.121. The molecule has 1 aromatic carbocycles. The van der Waals surface area contributed by atoms with Crippen molar-refractivity contribution < 1.29 is 4.79 Å². The molecule has 0 radical (unpaired) electrons. The number of rotatable bonds is 4. The van der Waals surface area contributed by atoms with E-state index in [1.165, 1.54) is 10.9 Å². The fourth-order valence-electron chi connectivity index (χ4n) is 2.95. The Labute approximate surface area is 159 Å². The number of benzene rings is 1. The number of amides is 1. The number of pyridine rings is 1. The topological polar surface area (TPSA) is 81.3 Å². The molecule has 0 aliphatic carbocycles. The van der Waals surface area contributed by atoms with Crippen molar-refractivity contribution in [1.82, 2.24) is 24.3 Å². The molecule has 0 aliphatic rings. The molecule has 0 spiro atoms. The molecule has 8 heteroatoms. The smallest absolute Gasteiger partial charge is 0.261 e. The van der Waals surface area contributed by atoms with Crippen LogP contribution in [0.15, 0.2) is 53.8 Å². The van der Waals surface area contributed by atoms with E-state index >= 15 is 0 Å². The Hall–Kier alpha value is -3.19. The molecule has 4 rings (SSSR count). The first-order valence-corrected chi connectivity index (χ1v) is 8.73. The van der Waals surface area contributed by atoms with Crippen LogP contribution in [0.1, 0.15) is 11.3 Å². The first-order chi connectivity index (χ1) is 13.0. The van der Waals surface area contributed by atoms with Crippen LogP contribution in [0.4, 0.5) is 0 Å². The Bertz CT molecular complexity index is 1230. The lowest BCUT2D eigenvalue weighted by Crippen LogP contribution is -2.32. The van der Waals surface area contributed by atoms with Crippen LogP contribution in [0.2, 0.25) is 5.02 Å². The summed E-state index contributed by atoms with van der Waals surface area (Å²) in [5.41, 5.74) is 2.79. The second kappa shape index (κ2) is 6.85. The number of carbonyl (C=O) groups excluding carboxylic acids is 1. The zero-order valence-electron chi connectivity index (χ0n) is 14.5. The highest BCUT2D eigenvalue weighted by Crippen LogP contribution is 2.12. The molecule has 0 saturated carbocycles. The van der Waals surface area contributed by atoms with Crippen LogP contribution < -0.4 is 10.9 Å². The SMILES string of the molecule is Cc1cccc2c(=O)n(CC(=O)NCc3cn4cc(Cl)ccc4n3)cnc12. The quantitative estimate of drug-likeness (QED) is 0.588. The molecule has 3 heterocycles. The van der Waals surface area contributed by atoms with Gasteiger partial charge in [-0.3, -0.25) is 14.2 Å². The minimum absolute atomic E-state index is 0.102. The summed E-state index contributed by atoms with van der Waals surface area (Å²) in [6.07, 6.45) is 4.95. The number of hydrogen-bond acceptors (Lipinski definition) is 4. The van der Waals surface area contributed by atoms with Crippen molar-refractivity contribution in [2.24, 2.45) is 0 Å². The van der Waals surface area contributed by atoms with E-state index in [1.54, 1.807) is 41.1 Å². The average molecular weight is 382 g/mol. The van der Waals surface area contributed by atoms with Crippen LogP contribution in [0, 0.1) is 6.92 Å². The van der Waals surface area contributed by atoms with E-state index in [0.29, 0.717) is 21.6 Å². The van der Waals surface area contributed by atoms with E-state index < -0.39 is 0 Å². The summed E-state index contributed by atoms with van der Waals surface area (Å²) < 4.78 is 3.10. The third kappa shape index (κ3) is 3.41. The zero-order chi connectivity index (χ0) is 19.0. The molecule has 27 heavy (non-hydrogen) atoms. The molecule has 136 valence electrons. The van der Waals surface area contributed by atoms with Crippen molar-refractivity contribution in [3.05, 3.63) is 75.7 Å². The summed E-state index contributed by atoms with van der Waals surface area (Å²) >= 11 is 5.96. The number of nitrogens with zero attached hydrogens (tertiary/aromatic N) is 4. The maximum absolute atomic E-state index is 12.6. The van der Waals surface area contributed by atoms with Gasteiger partial charge in [-0.05, 0) is 30.7 Å². The second-order valence-electron chi connectivity index (χ2n) is 6.27. The van der Waals surface area contributed by atoms with Crippen LogP contribution in [0.3, 0.4) is 0 Å². The van der Waals surface area contributed by atoms with Crippen LogP contribution in [0.25, 0.3) is 16.6 Å². The number of fused-ring (bicyclic) bond motifs is 2. The van der Waals surface area contributed by atoms with Crippen molar-refractivity contribution in [2.45, 2.75) is 20.0 Å². The number of carbonyl (C=O) groups is 1. The largest absolute Gasteiger partial charge is 0.349 e. The van der Waals surface area contributed by atoms with Gasteiger partial charge < -0.3 is 9.72 Å². The molecule has 1 N–H and O–H groups in total. The average Bonchev–Trinajstić information content (AvgIpc) is 3.05. The van der Waals surface area contributed by atoms with Gasteiger partial charge in [0.05, 0.1) is 34.5 Å². The van der Waals surface area contributed by atoms with Crippen LogP contribution in [0.5, 0.6) is 0 Å². The summed E-state index contributed by atoms with van der Waals surface area (Å²) in [6, 6.07) is 8.98. The van der Waals surface area contributed by atoms with Crippen LogP contribution in [-0.4, -0.2) is 24.8 Å². The van der Waals surface area contributed by atoms with Crippen LogP contribution >= 0.6 is 11.6 Å². The van der Waals surface area contributed by atoms with Gasteiger partial charge in [-0.1, -0.05) is 23.7 Å². The molecule has 1 amide bonds. The zero-order valence-corrected chi connectivity index (χ0v) is 15.3. The highest BCUT2D eigenvalue weighted by atomic mass is 35.5. The highest BCUT2D eigenvalue weighted by Gasteiger charge is 2.10. The highest BCUT2D eigenvalue weighted by molar-refractivity contribution is 6.30. The Morgan fingerprint density at radius 1 is 1.22 bits per heavy atom. The van der Waals surface area contributed by atoms with Crippen molar-refractivity contribution in [3.8, 4) is 0 Å². The summed E-state index contributed by atoms with van der Waals surface area (Å²) in [5.74, 6) is -0.291. The van der Waals surface area contributed by atoms with Crippen molar-refractivity contribution in [1.29, 1.82) is 0 Å². The minimum Gasteiger partial charge on any atom is -0.349 e. The maximum atomic E-state index is 12.6. The van der Waals surface area contributed by atoms with E-state index in [2.05, 4.69) is 15.3 Å². The Morgan fingerprint density at radius 2 is 2.07 bits per heavy atom. The Kier molecular flexibility index (Phi) is 4.37. The first kappa shape index (κ1) is 17.2.